The van der Waals surface area contributed by atoms with Crippen LogP contribution in [0.2, 0.25) is 5.02 Å². The van der Waals surface area contributed by atoms with Gasteiger partial charge < -0.3 is 10.1 Å². The molecule has 1 saturated carbocycles. The third kappa shape index (κ3) is 5.29. The molecule has 0 unspecified atom stereocenters. The van der Waals surface area contributed by atoms with Crippen LogP contribution in [0, 0.1) is 19.8 Å². The molecule has 0 aromatic heterocycles. The third-order valence-corrected chi connectivity index (χ3v) is 7.32. The van der Waals surface area contributed by atoms with Crippen LogP contribution >= 0.6 is 11.6 Å². The van der Waals surface area contributed by atoms with Gasteiger partial charge in [0.05, 0.1) is 5.92 Å². The van der Waals surface area contributed by atoms with E-state index in [2.05, 4.69) is 54.4 Å². The molecular formula is C27H35ClN2O2. The summed E-state index contributed by atoms with van der Waals surface area (Å²) in [7, 11) is 1.70. The number of hydrogen-bond acceptors (Lipinski definition) is 3. The van der Waals surface area contributed by atoms with E-state index in [-0.39, 0.29) is 11.8 Å². The van der Waals surface area contributed by atoms with Crippen molar-refractivity contribution in [2.75, 3.05) is 20.1 Å². The summed E-state index contributed by atoms with van der Waals surface area (Å²) in [4.78, 5) is 14.0. The maximum Gasteiger partial charge on any atom is 0.225 e. The lowest BCUT2D eigenvalue weighted by Crippen LogP contribution is -2.52. The Balaban J connectivity index is 1.35. The van der Waals surface area contributed by atoms with Gasteiger partial charge >= 0.3 is 0 Å². The summed E-state index contributed by atoms with van der Waals surface area (Å²) in [6, 6.07) is 10.9. The van der Waals surface area contributed by atoms with Crippen molar-refractivity contribution < 1.29 is 9.53 Å². The Labute approximate surface area is 197 Å². The number of hydrogen-bond donors (Lipinski definition) is 1. The molecule has 0 spiro atoms. The number of ether oxygens (including phenoxy) is 1. The number of halogens is 1. The van der Waals surface area contributed by atoms with Crippen LogP contribution in [0.5, 0.6) is 5.75 Å². The number of rotatable bonds is 7. The monoisotopic (exact) mass is 454 g/mol. The largest absolute Gasteiger partial charge is 0.488 e. The van der Waals surface area contributed by atoms with Crippen molar-refractivity contribution in [2.45, 2.75) is 65.0 Å². The Morgan fingerprint density at radius 3 is 2.38 bits per heavy atom. The zero-order chi connectivity index (χ0) is 22.7. The molecule has 1 N–H and O–H groups in total. The van der Waals surface area contributed by atoms with E-state index in [1.54, 1.807) is 7.05 Å². The van der Waals surface area contributed by atoms with E-state index >= 15 is 0 Å². The molecule has 1 heterocycles. The fourth-order valence-electron chi connectivity index (χ4n) is 5.25. The van der Waals surface area contributed by atoms with Gasteiger partial charge in [-0.25, -0.2) is 0 Å². The minimum absolute atomic E-state index is 0.126. The van der Waals surface area contributed by atoms with Crippen molar-refractivity contribution in [3.8, 4) is 5.75 Å². The number of nitrogens with zero attached hydrogens (tertiary/aromatic N) is 1. The summed E-state index contributed by atoms with van der Waals surface area (Å²) in [6.07, 6.45) is 6.49. The van der Waals surface area contributed by atoms with Crippen LogP contribution in [0.4, 0.5) is 0 Å². The molecule has 1 aliphatic carbocycles. The molecule has 1 aliphatic heterocycles. The zero-order valence-corrected chi connectivity index (χ0v) is 20.3. The number of aryl methyl sites for hydroxylation is 2. The van der Waals surface area contributed by atoms with Crippen molar-refractivity contribution in [1.29, 1.82) is 0 Å². The smallest absolute Gasteiger partial charge is 0.225 e. The van der Waals surface area contributed by atoms with Gasteiger partial charge in [-0.1, -0.05) is 55.1 Å². The van der Waals surface area contributed by atoms with E-state index in [9.17, 15) is 4.79 Å². The second kappa shape index (κ2) is 10.3. The Bertz CT molecular complexity index is 939. The normalized spacial score (nSPS) is 17.8. The van der Waals surface area contributed by atoms with Gasteiger partial charge in [0.15, 0.2) is 0 Å². The first-order valence-electron chi connectivity index (χ1n) is 11.9. The first-order valence-corrected chi connectivity index (χ1v) is 12.3. The first-order chi connectivity index (χ1) is 15.4. The minimum Gasteiger partial charge on any atom is -0.488 e. The van der Waals surface area contributed by atoms with E-state index < -0.39 is 0 Å². The van der Waals surface area contributed by atoms with Crippen molar-refractivity contribution in [1.82, 2.24) is 10.2 Å². The van der Waals surface area contributed by atoms with E-state index in [1.165, 1.54) is 43.2 Å². The van der Waals surface area contributed by atoms with Gasteiger partial charge in [0.2, 0.25) is 5.91 Å². The Morgan fingerprint density at radius 2 is 1.75 bits per heavy atom. The molecule has 32 heavy (non-hydrogen) atoms. The van der Waals surface area contributed by atoms with Crippen LogP contribution < -0.4 is 10.1 Å². The predicted molar refractivity (Wildman–Crippen MR) is 130 cm³/mol. The molecule has 4 nitrogen and oxygen atoms in total. The van der Waals surface area contributed by atoms with Crippen molar-refractivity contribution >= 4 is 17.5 Å². The highest BCUT2D eigenvalue weighted by molar-refractivity contribution is 6.31. The van der Waals surface area contributed by atoms with Crippen LogP contribution in [0.1, 0.15) is 65.8 Å². The lowest BCUT2D eigenvalue weighted by Gasteiger charge is -2.38. The molecule has 0 bridgehead atoms. The minimum atomic E-state index is 0.126. The molecule has 1 saturated heterocycles. The van der Waals surface area contributed by atoms with Gasteiger partial charge in [0.25, 0.3) is 0 Å². The fourth-order valence-corrected chi connectivity index (χ4v) is 5.60. The number of amides is 1. The topological polar surface area (TPSA) is 41.6 Å². The third-order valence-electron chi connectivity index (χ3n) is 6.99. The summed E-state index contributed by atoms with van der Waals surface area (Å²) in [5.41, 5.74) is 5.97. The van der Waals surface area contributed by atoms with Gasteiger partial charge in [-0.05, 0) is 66.5 Å². The van der Waals surface area contributed by atoms with Crippen molar-refractivity contribution in [3.05, 3.63) is 63.2 Å². The average Bonchev–Trinajstić information content (AvgIpc) is 2.75. The summed E-state index contributed by atoms with van der Waals surface area (Å²) in [5, 5.41) is 3.62. The Morgan fingerprint density at radius 1 is 1.06 bits per heavy atom. The quantitative estimate of drug-likeness (QED) is 0.578. The molecule has 2 aromatic rings. The average molecular weight is 455 g/mol. The Kier molecular flexibility index (Phi) is 7.42. The molecule has 0 radical (unpaired) electrons. The molecule has 2 aromatic carbocycles. The molecule has 2 aliphatic rings. The predicted octanol–water partition coefficient (Wildman–Crippen LogP) is 5.76. The van der Waals surface area contributed by atoms with Gasteiger partial charge in [-0.3, -0.25) is 9.69 Å². The van der Waals surface area contributed by atoms with Gasteiger partial charge in [-0.15, -0.1) is 0 Å². The second-order valence-electron chi connectivity index (χ2n) is 9.54. The molecular weight excluding hydrogens is 420 g/mol. The van der Waals surface area contributed by atoms with Crippen LogP contribution in [-0.4, -0.2) is 30.9 Å². The number of benzene rings is 2. The van der Waals surface area contributed by atoms with Crippen LogP contribution in [0.25, 0.3) is 0 Å². The van der Waals surface area contributed by atoms with E-state index in [4.69, 9.17) is 16.3 Å². The summed E-state index contributed by atoms with van der Waals surface area (Å²) >= 11 is 6.65. The van der Waals surface area contributed by atoms with Gasteiger partial charge in [0, 0.05) is 31.7 Å². The standard InChI is InChI=1S/C27H35ClN2O2/c1-18-11-21(14-30-15-23(16-30)27(31)29-3)12-19(2)26(18)32-17-20-9-10-24(25(28)13-20)22-7-5-4-6-8-22/h9-13,22-23H,4-8,14-17H2,1-3H3,(H,29,31). The lowest BCUT2D eigenvalue weighted by atomic mass is 9.84. The van der Waals surface area contributed by atoms with Crippen molar-refractivity contribution in [3.63, 3.8) is 0 Å². The van der Waals surface area contributed by atoms with E-state index in [1.807, 2.05) is 0 Å². The SMILES string of the molecule is CNC(=O)C1CN(Cc2cc(C)c(OCc3ccc(C4CCCCC4)c(Cl)c3)c(C)c2)C1. The van der Waals surface area contributed by atoms with Crippen LogP contribution in [-0.2, 0) is 17.9 Å². The molecule has 1 amide bonds. The lowest BCUT2D eigenvalue weighted by molar-refractivity contribution is -0.129. The maximum atomic E-state index is 11.7. The number of likely N-dealkylation sites (tertiary alicyclic amines) is 1. The number of carbonyl (C=O) groups is 1. The molecule has 0 atom stereocenters. The van der Waals surface area contributed by atoms with E-state index in [0.717, 1.165) is 47.1 Å². The molecule has 4 rings (SSSR count). The van der Waals surface area contributed by atoms with Crippen LogP contribution in [0.3, 0.4) is 0 Å². The maximum absolute atomic E-state index is 11.7. The first kappa shape index (κ1) is 23.1. The highest BCUT2D eigenvalue weighted by atomic mass is 35.5. The molecule has 172 valence electrons. The van der Waals surface area contributed by atoms with Gasteiger partial charge in [0.1, 0.15) is 12.4 Å². The number of nitrogens with one attached hydrogen (secondary N) is 1. The van der Waals surface area contributed by atoms with Gasteiger partial charge in [-0.2, -0.15) is 0 Å². The summed E-state index contributed by atoms with van der Waals surface area (Å²) < 4.78 is 6.23. The van der Waals surface area contributed by atoms with Crippen molar-refractivity contribution in [2.24, 2.45) is 5.92 Å². The summed E-state index contributed by atoms with van der Waals surface area (Å²) in [6.45, 7) is 7.25. The highest BCUT2D eigenvalue weighted by Crippen LogP contribution is 2.37. The number of carbonyl (C=O) groups excluding carboxylic acids is 1. The van der Waals surface area contributed by atoms with E-state index in [0.29, 0.717) is 12.5 Å². The zero-order valence-electron chi connectivity index (χ0n) is 19.5. The second-order valence-corrected chi connectivity index (χ2v) is 9.95. The molecule has 2 fully saturated rings. The van der Waals surface area contributed by atoms with Crippen LogP contribution in [0.15, 0.2) is 30.3 Å². The Hall–Kier alpha value is -2.04. The fraction of sp³-hybridized carbons (Fsp3) is 0.519. The summed E-state index contributed by atoms with van der Waals surface area (Å²) in [5.74, 6) is 1.83. The highest BCUT2D eigenvalue weighted by Gasteiger charge is 2.31. The molecule has 5 heteroatoms.